The van der Waals surface area contributed by atoms with E-state index in [9.17, 15) is 4.79 Å². The van der Waals surface area contributed by atoms with Crippen molar-refractivity contribution in [2.45, 2.75) is 40.0 Å². The maximum atomic E-state index is 12.2. The molecule has 0 aliphatic heterocycles. The maximum Gasteiger partial charge on any atom is 0.224 e. The highest BCUT2D eigenvalue weighted by Crippen LogP contribution is 2.30. The van der Waals surface area contributed by atoms with Gasteiger partial charge in [-0.05, 0) is 31.4 Å². The lowest BCUT2D eigenvalue weighted by Gasteiger charge is -2.22. The van der Waals surface area contributed by atoms with Crippen LogP contribution >= 0.6 is 11.6 Å². The Balaban J connectivity index is 2.59. The Labute approximate surface area is 138 Å². The van der Waals surface area contributed by atoms with Gasteiger partial charge in [0, 0.05) is 37.1 Å². The predicted molar refractivity (Wildman–Crippen MR) is 93.0 cm³/mol. The lowest BCUT2D eigenvalue weighted by atomic mass is 10.2. The van der Waals surface area contributed by atoms with Crippen LogP contribution in [0.2, 0.25) is 5.02 Å². The molecule has 5 heteroatoms. The number of nitrogens with zero attached hydrogens (tertiary/aromatic N) is 1. The molecule has 124 valence electrons. The van der Waals surface area contributed by atoms with E-state index in [-0.39, 0.29) is 5.91 Å². The molecule has 0 bridgehead atoms. The molecule has 22 heavy (non-hydrogen) atoms. The zero-order valence-electron chi connectivity index (χ0n) is 14.0. The number of hydrogen-bond acceptors (Lipinski definition) is 3. The predicted octanol–water partition coefficient (Wildman–Crippen LogP) is 4.11. The molecule has 0 aromatic heterocycles. The summed E-state index contributed by atoms with van der Waals surface area (Å²) in [7, 11) is 1.61. The van der Waals surface area contributed by atoms with Crippen LogP contribution in [0.3, 0.4) is 0 Å². The Morgan fingerprint density at radius 3 is 2.45 bits per heavy atom. The van der Waals surface area contributed by atoms with Gasteiger partial charge in [0.15, 0.2) is 0 Å². The van der Waals surface area contributed by atoms with Gasteiger partial charge in [-0.1, -0.05) is 25.4 Å². The minimum Gasteiger partial charge on any atom is -0.495 e. The number of carbonyl (C=O) groups excluding carboxylic acids is 1. The molecule has 1 aromatic rings. The van der Waals surface area contributed by atoms with Gasteiger partial charge in [0.1, 0.15) is 5.75 Å². The summed E-state index contributed by atoms with van der Waals surface area (Å²) in [5.74, 6) is 0.892. The van der Waals surface area contributed by atoms with Crippen molar-refractivity contribution in [1.82, 2.24) is 4.90 Å². The van der Waals surface area contributed by atoms with Crippen molar-refractivity contribution in [1.29, 1.82) is 0 Å². The van der Waals surface area contributed by atoms with Crippen molar-refractivity contribution in [3.63, 3.8) is 0 Å². The molecule has 1 N–H and O–H groups in total. The van der Waals surface area contributed by atoms with E-state index in [0.29, 0.717) is 23.7 Å². The molecule has 1 aromatic carbocycles. The van der Waals surface area contributed by atoms with E-state index < -0.39 is 0 Å². The summed E-state index contributed by atoms with van der Waals surface area (Å²) in [6, 6.07) is 3.74. The van der Waals surface area contributed by atoms with Crippen LogP contribution < -0.4 is 10.1 Å². The number of ether oxygens (including phenoxy) is 1. The van der Waals surface area contributed by atoms with E-state index in [1.807, 2.05) is 17.9 Å². The minimum absolute atomic E-state index is 0.195. The Hall–Kier alpha value is -1.42. The summed E-state index contributed by atoms with van der Waals surface area (Å²) in [6.07, 6.45) is 2.46. The molecule has 0 saturated carbocycles. The average molecular weight is 327 g/mol. The fourth-order valence-electron chi connectivity index (χ4n) is 2.33. The fraction of sp³-hybridized carbons (Fsp3) is 0.588. The number of rotatable bonds is 9. The molecule has 4 nitrogen and oxygen atoms in total. The zero-order chi connectivity index (χ0) is 16.5. The summed E-state index contributed by atoms with van der Waals surface area (Å²) in [4.78, 5) is 14.2. The topological polar surface area (TPSA) is 41.6 Å². The van der Waals surface area contributed by atoms with Crippen LogP contribution in [0.25, 0.3) is 0 Å². The summed E-state index contributed by atoms with van der Waals surface area (Å²) in [5.41, 5.74) is 1.85. The number of benzene rings is 1. The lowest BCUT2D eigenvalue weighted by Crippen LogP contribution is -2.33. The molecular weight excluding hydrogens is 300 g/mol. The summed E-state index contributed by atoms with van der Waals surface area (Å²) < 4.78 is 5.32. The number of hydrogen-bond donors (Lipinski definition) is 1. The largest absolute Gasteiger partial charge is 0.495 e. The maximum absolute atomic E-state index is 12.2. The number of halogens is 1. The monoisotopic (exact) mass is 326 g/mol. The summed E-state index contributed by atoms with van der Waals surface area (Å²) in [6.45, 7) is 8.37. The molecule has 0 atom stereocenters. The zero-order valence-corrected chi connectivity index (χ0v) is 14.8. The van der Waals surface area contributed by atoms with Gasteiger partial charge in [0.25, 0.3) is 0 Å². The van der Waals surface area contributed by atoms with E-state index in [4.69, 9.17) is 16.3 Å². The molecule has 0 heterocycles. The van der Waals surface area contributed by atoms with Crippen molar-refractivity contribution >= 4 is 23.2 Å². The molecule has 0 radical (unpaired) electrons. The Kier molecular flexibility index (Phi) is 8.10. The van der Waals surface area contributed by atoms with Gasteiger partial charge >= 0.3 is 0 Å². The SMILES string of the molecule is CCCN(CCC)C(=O)CCNc1cc(C)c(Cl)cc1OC. The molecular formula is C17H27ClN2O2. The first-order valence-corrected chi connectivity index (χ1v) is 8.27. The van der Waals surface area contributed by atoms with Crippen LogP contribution in [0, 0.1) is 6.92 Å². The highest BCUT2D eigenvalue weighted by atomic mass is 35.5. The Morgan fingerprint density at radius 2 is 1.91 bits per heavy atom. The van der Waals surface area contributed by atoms with Crippen LogP contribution in [0.4, 0.5) is 5.69 Å². The van der Waals surface area contributed by atoms with Crippen molar-refractivity contribution in [3.05, 3.63) is 22.7 Å². The third-order valence-electron chi connectivity index (χ3n) is 3.47. The number of carbonyl (C=O) groups is 1. The molecule has 0 unspecified atom stereocenters. The smallest absolute Gasteiger partial charge is 0.224 e. The van der Waals surface area contributed by atoms with Crippen molar-refractivity contribution in [3.8, 4) is 5.75 Å². The van der Waals surface area contributed by atoms with Crippen molar-refractivity contribution < 1.29 is 9.53 Å². The van der Waals surface area contributed by atoms with Crippen molar-refractivity contribution in [2.75, 3.05) is 32.1 Å². The first-order valence-electron chi connectivity index (χ1n) is 7.89. The Bertz CT molecular complexity index is 486. The molecule has 0 fully saturated rings. The Morgan fingerprint density at radius 1 is 1.27 bits per heavy atom. The standard InChI is InChI=1S/C17H27ClN2O2/c1-5-9-20(10-6-2)17(21)7-8-19-15-11-13(3)14(18)12-16(15)22-4/h11-12,19H,5-10H2,1-4H3. The van der Waals surface area contributed by atoms with Gasteiger partial charge in [0.05, 0.1) is 12.8 Å². The van der Waals surface area contributed by atoms with Gasteiger partial charge in [-0.15, -0.1) is 0 Å². The second-order valence-corrected chi connectivity index (χ2v) is 5.77. The number of methoxy groups -OCH3 is 1. The molecule has 0 spiro atoms. The van der Waals surface area contributed by atoms with E-state index in [2.05, 4.69) is 19.2 Å². The van der Waals surface area contributed by atoms with E-state index in [0.717, 1.165) is 37.2 Å². The highest BCUT2D eigenvalue weighted by Gasteiger charge is 2.12. The number of aryl methyl sites for hydroxylation is 1. The fourth-order valence-corrected chi connectivity index (χ4v) is 2.49. The average Bonchev–Trinajstić information content (AvgIpc) is 2.50. The minimum atomic E-state index is 0.195. The van der Waals surface area contributed by atoms with Gasteiger partial charge < -0.3 is 15.0 Å². The second-order valence-electron chi connectivity index (χ2n) is 5.36. The van der Waals surface area contributed by atoms with E-state index in [1.165, 1.54) is 0 Å². The lowest BCUT2D eigenvalue weighted by molar-refractivity contribution is -0.131. The first kappa shape index (κ1) is 18.6. The molecule has 0 aliphatic carbocycles. The summed E-state index contributed by atoms with van der Waals surface area (Å²) >= 11 is 6.09. The molecule has 0 aliphatic rings. The molecule has 1 rings (SSSR count). The first-order chi connectivity index (χ1) is 10.5. The normalized spacial score (nSPS) is 10.4. The van der Waals surface area contributed by atoms with Crippen LogP contribution in [0.5, 0.6) is 5.75 Å². The van der Waals surface area contributed by atoms with Crippen molar-refractivity contribution in [2.24, 2.45) is 0 Å². The molecule has 0 saturated heterocycles. The van der Waals surface area contributed by atoms with Gasteiger partial charge in [-0.2, -0.15) is 0 Å². The quantitative estimate of drug-likeness (QED) is 0.742. The van der Waals surface area contributed by atoms with Gasteiger partial charge in [-0.25, -0.2) is 0 Å². The number of amides is 1. The molecule has 1 amide bonds. The van der Waals surface area contributed by atoms with E-state index >= 15 is 0 Å². The van der Waals surface area contributed by atoms with E-state index in [1.54, 1.807) is 13.2 Å². The summed E-state index contributed by atoms with van der Waals surface area (Å²) in [5, 5.41) is 3.95. The second kappa shape index (κ2) is 9.57. The van der Waals surface area contributed by atoms with Crippen LogP contribution in [0.1, 0.15) is 38.7 Å². The van der Waals surface area contributed by atoms with Crippen LogP contribution in [-0.4, -0.2) is 37.6 Å². The van der Waals surface area contributed by atoms with Gasteiger partial charge in [-0.3, -0.25) is 4.79 Å². The van der Waals surface area contributed by atoms with Crippen LogP contribution in [0.15, 0.2) is 12.1 Å². The number of nitrogens with one attached hydrogen (secondary N) is 1. The number of anilines is 1. The third-order valence-corrected chi connectivity index (χ3v) is 3.88. The van der Waals surface area contributed by atoms with Crippen LogP contribution in [-0.2, 0) is 4.79 Å². The third kappa shape index (κ3) is 5.41. The van der Waals surface area contributed by atoms with Gasteiger partial charge in [0.2, 0.25) is 5.91 Å². The highest BCUT2D eigenvalue weighted by molar-refractivity contribution is 6.31.